The maximum atomic E-state index is 11.8. The van der Waals surface area contributed by atoms with E-state index in [9.17, 15) is 9.59 Å². The first kappa shape index (κ1) is 14.9. The van der Waals surface area contributed by atoms with E-state index >= 15 is 0 Å². The van der Waals surface area contributed by atoms with E-state index in [0.717, 1.165) is 0 Å². The Morgan fingerprint density at radius 1 is 1.14 bits per heavy atom. The number of nitrogens with one attached hydrogen (secondary N) is 2. The van der Waals surface area contributed by atoms with E-state index in [-0.39, 0.29) is 18.0 Å². The minimum Gasteiger partial charge on any atom is -0.481 e. The Hall–Kier alpha value is -2.55. The zero-order valence-electron chi connectivity index (χ0n) is 11.5. The number of hydrogen-bond acceptors (Lipinski definition) is 3. The molecule has 0 atom stereocenters. The third-order valence-electron chi connectivity index (χ3n) is 3.68. The first-order valence-corrected chi connectivity index (χ1v) is 6.89. The van der Waals surface area contributed by atoms with Crippen molar-refractivity contribution in [3.63, 3.8) is 0 Å². The second-order valence-corrected chi connectivity index (χ2v) is 5.17. The number of carboxylic acid groups (broad SMARTS) is 1. The second-order valence-electron chi connectivity index (χ2n) is 5.17. The Balaban J connectivity index is 1.80. The number of carbonyl (C=O) groups is 2. The molecule has 21 heavy (non-hydrogen) atoms. The number of nitrogens with zero attached hydrogens (tertiary/aromatic N) is 1. The van der Waals surface area contributed by atoms with E-state index in [0.29, 0.717) is 36.9 Å². The first-order valence-electron chi connectivity index (χ1n) is 6.89. The highest BCUT2D eigenvalue weighted by Crippen LogP contribution is 2.24. The molecule has 3 N–H and O–H groups in total. The van der Waals surface area contributed by atoms with E-state index in [1.165, 1.54) is 0 Å². The fraction of sp³-hybridized carbons (Fsp3) is 0.400. The zero-order valence-corrected chi connectivity index (χ0v) is 11.5. The summed E-state index contributed by atoms with van der Waals surface area (Å²) >= 11 is 0. The summed E-state index contributed by atoms with van der Waals surface area (Å²) in [5, 5.41) is 23.2. The molecule has 2 amide bonds. The van der Waals surface area contributed by atoms with Gasteiger partial charge in [-0.05, 0) is 49.9 Å². The average molecular weight is 287 g/mol. The predicted molar refractivity (Wildman–Crippen MR) is 76.7 cm³/mol. The van der Waals surface area contributed by atoms with E-state index in [1.807, 2.05) is 6.07 Å². The van der Waals surface area contributed by atoms with Crippen molar-refractivity contribution in [3.05, 3.63) is 29.8 Å². The lowest BCUT2D eigenvalue weighted by atomic mass is 9.86. The van der Waals surface area contributed by atoms with Crippen LogP contribution in [0.3, 0.4) is 0 Å². The van der Waals surface area contributed by atoms with Gasteiger partial charge in [0, 0.05) is 11.7 Å². The molecule has 0 radical (unpaired) electrons. The van der Waals surface area contributed by atoms with Crippen LogP contribution in [0.4, 0.5) is 10.5 Å². The molecule has 1 fully saturated rings. The molecule has 0 aliphatic heterocycles. The molecule has 1 aromatic carbocycles. The van der Waals surface area contributed by atoms with Crippen molar-refractivity contribution in [1.82, 2.24) is 5.32 Å². The zero-order chi connectivity index (χ0) is 15.2. The fourth-order valence-corrected chi connectivity index (χ4v) is 2.47. The second kappa shape index (κ2) is 6.75. The van der Waals surface area contributed by atoms with Crippen molar-refractivity contribution in [1.29, 1.82) is 5.26 Å². The molecule has 2 rings (SSSR count). The number of rotatable bonds is 3. The number of carbonyl (C=O) groups excluding carboxylic acids is 1. The Bertz CT molecular complexity index is 555. The summed E-state index contributed by atoms with van der Waals surface area (Å²) in [4.78, 5) is 22.7. The van der Waals surface area contributed by atoms with Gasteiger partial charge in [0.2, 0.25) is 0 Å². The normalized spacial score (nSPS) is 21.1. The molecule has 1 aromatic rings. The van der Waals surface area contributed by atoms with E-state index < -0.39 is 5.97 Å². The van der Waals surface area contributed by atoms with Gasteiger partial charge in [-0.2, -0.15) is 5.26 Å². The van der Waals surface area contributed by atoms with Gasteiger partial charge in [0.1, 0.15) is 0 Å². The number of carboxylic acids is 1. The van der Waals surface area contributed by atoms with Crippen molar-refractivity contribution in [3.8, 4) is 6.07 Å². The van der Waals surface area contributed by atoms with Crippen LogP contribution in [0, 0.1) is 17.2 Å². The van der Waals surface area contributed by atoms with Gasteiger partial charge in [-0.25, -0.2) is 4.79 Å². The molecule has 0 aromatic heterocycles. The third-order valence-corrected chi connectivity index (χ3v) is 3.68. The molecule has 0 spiro atoms. The molecule has 1 saturated carbocycles. The van der Waals surface area contributed by atoms with Gasteiger partial charge in [0.05, 0.1) is 17.6 Å². The summed E-state index contributed by atoms with van der Waals surface area (Å²) < 4.78 is 0. The molecule has 1 aliphatic rings. The van der Waals surface area contributed by atoms with Crippen molar-refractivity contribution in [2.45, 2.75) is 31.7 Å². The van der Waals surface area contributed by atoms with Crippen LogP contribution < -0.4 is 10.6 Å². The number of aliphatic carboxylic acids is 1. The van der Waals surface area contributed by atoms with Gasteiger partial charge in [0.25, 0.3) is 0 Å². The molecule has 6 nitrogen and oxygen atoms in total. The SMILES string of the molecule is N#Cc1ccc(NC(=O)NC2CCC(C(=O)O)CC2)cc1. The van der Waals surface area contributed by atoms with Crippen LogP contribution in [-0.4, -0.2) is 23.1 Å². The lowest BCUT2D eigenvalue weighted by Crippen LogP contribution is -2.40. The highest BCUT2D eigenvalue weighted by molar-refractivity contribution is 5.89. The standard InChI is InChI=1S/C15H17N3O3/c16-9-10-1-5-12(6-2-10)17-15(21)18-13-7-3-11(4-8-13)14(19)20/h1-2,5-6,11,13H,3-4,7-8H2,(H,19,20)(H2,17,18,21). The van der Waals surface area contributed by atoms with Gasteiger partial charge in [-0.3, -0.25) is 4.79 Å². The largest absolute Gasteiger partial charge is 0.481 e. The van der Waals surface area contributed by atoms with Crippen LogP contribution in [0.15, 0.2) is 24.3 Å². The molecule has 0 unspecified atom stereocenters. The maximum Gasteiger partial charge on any atom is 0.319 e. The van der Waals surface area contributed by atoms with E-state index in [2.05, 4.69) is 10.6 Å². The lowest BCUT2D eigenvalue weighted by Gasteiger charge is -2.26. The van der Waals surface area contributed by atoms with Crippen molar-refractivity contribution in [2.24, 2.45) is 5.92 Å². The number of urea groups is 1. The smallest absolute Gasteiger partial charge is 0.319 e. The number of nitriles is 1. The Kier molecular flexibility index (Phi) is 4.77. The van der Waals surface area contributed by atoms with Crippen LogP contribution in [0.5, 0.6) is 0 Å². The van der Waals surface area contributed by atoms with E-state index in [1.54, 1.807) is 24.3 Å². The van der Waals surface area contributed by atoms with Crippen molar-refractivity contribution >= 4 is 17.7 Å². The quantitative estimate of drug-likeness (QED) is 0.793. The van der Waals surface area contributed by atoms with Gasteiger partial charge in [0.15, 0.2) is 0 Å². The molecule has 110 valence electrons. The van der Waals surface area contributed by atoms with Crippen LogP contribution in [0.1, 0.15) is 31.2 Å². The minimum atomic E-state index is -0.754. The summed E-state index contributed by atoms with van der Waals surface area (Å²) in [6.07, 6.45) is 2.55. The number of benzene rings is 1. The van der Waals surface area contributed by atoms with Crippen LogP contribution >= 0.6 is 0 Å². The Morgan fingerprint density at radius 3 is 2.29 bits per heavy atom. The van der Waals surface area contributed by atoms with Crippen molar-refractivity contribution < 1.29 is 14.7 Å². The number of amides is 2. The van der Waals surface area contributed by atoms with Gasteiger partial charge in [-0.15, -0.1) is 0 Å². The molecular weight excluding hydrogens is 270 g/mol. The van der Waals surface area contributed by atoms with Crippen LogP contribution in [0.2, 0.25) is 0 Å². The molecule has 6 heteroatoms. The average Bonchev–Trinajstić information content (AvgIpc) is 2.48. The fourth-order valence-electron chi connectivity index (χ4n) is 2.47. The molecule has 0 heterocycles. The lowest BCUT2D eigenvalue weighted by molar-refractivity contribution is -0.142. The van der Waals surface area contributed by atoms with Crippen LogP contribution in [0.25, 0.3) is 0 Å². The molecule has 0 bridgehead atoms. The minimum absolute atomic E-state index is 0.0129. The summed E-state index contributed by atoms with van der Waals surface area (Å²) in [7, 11) is 0. The molecular formula is C15H17N3O3. The predicted octanol–water partition coefficient (Wildman–Crippen LogP) is 2.32. The monoisotopic (exact) mass is 287 g/mol. The summed E-state index contributed by atoms with van der Waals surface area (Å²) in [5.74, 6) is -1.04. The number of hydrogen-bond donors (Lipinski definition) is 3. The Labute approximate surface area is 122 Å². The molecule has 1 aliphatic carbocycles. The van der Waals surface area contributed by atoms with Crippen LogP contribution in [-0.2, 0) is 4.79 Å². The summed E-state index contributed by atoms with van der Waals surface area (Å²) in [6.45, 7) is 0. The van der Waals surface area contributed by atoms with Gasteiger partial charge >= 0.3 is 12.0 Å². The summed E-state index contributed by atoms with van der Waals surface area (Å²) in [5.41, 5.74) is 1.15. The molecule has 0 saturated heterocycles. The number of anilines is 1. The first-order chi connectivity index (χ1) is 10.1. The topological polar surface area (TPSA) is 102 Å². The maximum absolute atomic E-state index is 11.8. The highest BCUT2D eigenvalue weighted by Gasteiger charge is 2.26. The summed E-state index contributed by atoms with van der Waals surface area (Å²) in [6, 6.07) is 8.31. The van der Waals surface area contributed by atoms with Gasteiger partial charge in [-0.1, -0.05) is 0 Å². The Morgan fingerprint density at radius 2 is 1.76 bits per heavy atom. The third kappa shape index (κ3) is 4.21. The van der Waals surface area contributed by atoms with Crippen molar-refractivity contribution in [2.75, 3.05) is 5.32 Å². The highest BCUT2D eigenvalue weighted by atomic mass is 16.4. The van der Waals surface area contributed by atoms with E-state index in [4.69, 9.17) is 10.4 Å². The van der Waals surface area contributed by atoms with Gasteiger partial charge < -0.3 is 15.7 Å².